The van der Waals surface area contributed by atoms with Crippen molar-refractivity contribution in [3.8, 4) is 0 Å². The molecule has 4 nitrogen and oxygen atoms in total. The predicted octanol–water partition coefficient (Wildman–Crippen LogP) is 0.301. The number of carbonyl (C=O) groups is 2. The van der Waals surface area contributed by atoms with Gasteiger partial charge in [-0.3, -0.25) is 9.59 Å². The third-order valence-corrected chi connectivity index (χ3v) is 2.39. The summed E-state index contributed by atoms with van der Waals surface area (Å²) in [5.41, 5.74) is -1.62. The van der Waals surface area contributed by atoms with E-state index in [4.69, 9.17) is 10.2 Å². The Morgan fingerprint density at radius 2 is 1.53 bits per heavy atom. The van der Waals surface area contributed by atoms with E-state index in [0.717, 1.165) is 0 Å². The Bertz CT molecular complexity index is 204. The Morgan fingerprint density at radius 1 is 1.20 bits per heavy atom. The number of rotatable bonds is 5. The molecule has 0 amide bonds. The Morgan fingerprint density at radius 3 is 1.60 bits per heavy atom. The number of carboxylic acids is 2. The van der Waals surface area contributed by atoms with Gasteiger partial charge in [-0.25, -0.2) is 0 Å². The van der Waals surface area contributed by atoms with Gasteiger partial charge in [0.05, 0.1) is 0 Å². The first-order valence-corrected chi connectivity index (χ1v) is 4.36. The molecule has 0 aromatic rings. The van der Waals surface area contributed by atoms with Crippen LogP contribution in [0.5, 0.6) is 0 Å². The summed E-state index contributed by atoms with van der Waals surface area (Å²) in [6, 6.07) is 0. The molecular weight excluding hydrogens is 234 g/mol. The first kappa shape index (κ1) is 21.8. The number of carboxylic acid groups (broad SMARTS) is 2. The van der Waals surface area contributed by atoms with Crippen molar-refractivity contribution >= 4 is 92.9 Å². The van der Waals surface area contributed by atoms with E-state index in [0.29, 0.717) is 6.42 Å². The molecule has 80 valence electrons. The summed E-state index contributed by atoms with van der Waals surface area (Å²) in [5.74, 6) is -2.88. The molecule has 0 saturated carbocycles. The fraction of sp³-hybridized carbons (Fsp3) is 0.778. The maximum atomic E-state index is 10.9. The molecule has 0 aromatic heterocycles. The summed E-state index contributed by atoms with van der Waals surface area (Å²) < 4.78 is 0. The van der Waals surface area contributed by atoms with Gasteiger partial charge in [0.2, 0.25) is 0 Å². The van der Waals surface area contributed by atoms with E-state index in [1.165, 1.54) is 0 Å². The van der Waals surface area contributed by atoms with Crippen molar-refractivity contribution in [1.82, 2.24) is 0 Å². The Balaban J connectivity index is -0.000000720. The van der Waals surface area contributed by atoms with Gasteiger partial charge in [0.25, 0.3) is 0 Å². The molecule has 2 N–H and O–H groups in total. The molecule has 0 bridgehead atoms. The van der Waals surface area contributed by atoms with Gasteiger partial charge in [0, 0.05) is 0 Å². The van der Waals surface area contributed by atoms with Gasteiger partial charge < -0.3 is 10.2 Å². The average Bonchev–Trinajstić information content (AvgIpc) is 1.97. The molecular formula is C9H18KNaO4. The van der Waals surface area contributed by atoms with Gasteiger partial charge in [-0.05, 0) is 12.3 Å². The van der Waals surface area contributed by atoms with Crippen LogP contribution in [0.15, 0.2) is 0 Å². The maximum absolute atomic E-state index is 10.9. The molecule has 0 fully saturated rings. The van der Waals surface area contributed by atoms with Crippen LogP contribution in [0.3, 0.4) is 0 Å². The third-order valence-electron chi connectivity index (χ3n) is 2.39. The summed E-state index contributed by atoms with van der Waals surface area (Å²) in [4.78, 5) is 21.8. The molecule has 0 unspecified atom stereocenters. The first-order chi connectivity index (χ1) is 5.89. The molecule has 0 aliphatic heterocycles. The summed E-state index contributed by atoms with van der Waals surface area (Å²) in [5, 5.41) is 17.8. The summed E-state index contributed by atoms with van der Waals surface area (Å²) >= 11 is 0. The molecule has 0 saturated heterocycles. The summed E-state index contributed by atoms with van der Waals surface area (Å²) in [6.45, 7) is 5.03. The van der Waals surface area contributed by atoms with Crippen molar-refractivity contribution in [3.63, 3.8) is 0 Å². The zero-order valence-electron chi connectivity index (χ0n) is 8.20. The normalized spacial score (nSPS) is 10.1. The minimum atomic E-state index is -1.62. The van der Waals surface area contributed by atoms with Crippen LogP contribution in [0.4, 0.5) is 0 Å². The van der Waals surface area contributed by atoms with E-state index in [1.807, 2.05) is 0 Å². The SMILES string of the molecule is CCCC(C(=O)O)(C(=O)O)C(C)C.[KH].[NaH]. The zero-order valence-corrected chi connectivity index (χ0v) is 8.20. The molecule has 0 spiro atoms. The van der Waals surface area contributed by atoms with Gasteiger partial charge in [0.15, 0.2) is 5.41 Å². The zero-order chi connectivity index (χ0) is 10.6. The van der Waals surface area contributed by atoms with E-state index in [9.17, 15) is 9.59 Å². The second-order valence-corrected chi connectivity index (χ2v) is 3.49. The Hall–Kier alpha value is 1.58. The van der Waals surface area contributed by atoms with Crippen LogP contribution < -0.4 is 0 Å². The van der Waals surface area contributed by atoms with Gasteiger partial charge >= 0.3 is 92.9 Å². The topological polar surface area (TPSA) is 74.6 Å². The predicted molar refractivity (Wildman–Crippen MR) is 61.7 cm³/mol. The van der Waals surface area contributed by atoms with Crippen LogP contribution in [0.25, 0.3) is 0 Å². The van der Waals surface area contributed by atoms with Crippen molar-refractivity contribution in [3.05, 3.63) is 0 Å². The summed E-state index contributed by atoms with van der Waals surface area (Å²) in [7, 11) is 0. The molecule has 0 aliphatic rings. The van der Waals surface area contributed by atoms with Crippen molar-refractivity contribution in [2.24, 2.45) is 11.3 Å². The van der Waals surface area contributed by atoms with E-state index >= 15 is 0 Å². The molecule has 0 aromatic carbocycles. The van der Waals surface area contributed by atoms with E-state index in [-0.39, 0.29) is 87.4 Å². The van der Waals surface area contributed by atoms with E-state index < -0.39 is 23.3 Å². The van der Waals surface area contributed by atoms with Gasteiger partial charge in [-0.1, -0.05) is 27.2 Å². The molecule has 0 atom stereocenters. The van der Waals surface area contributed by atoms with Gasteiger partial charge in [0.1, 0.15) is 0 Å². The minimum absolute atomic E-state index is 0. The second-order valence-electron chi connectivity index (χ2n) is 3.49. The molecule has 15 heavy (non-hydrogen) atoms. The van der Waals surface area contributed by atoms with Crippen LogP contribution in [0.1, 0.15) is 33.6 Å². The van der Waals surface area contributed by atoms with Crippen LogP contribution in [-0.2, 0) is 9.59 Å². The van der Waals surface area contributed by atoms with Gasteiger partial charge in [-0.2, -0.15) is 0 Å². The van der Waals surface area contributed by atoms with E-state index in [2.05, 4.69) is 0 Å². The standard InChI is InChI=1S/C9H16O4.K.Na.2H/c1-4-5-9(6(2)3,7(10)11)8(12)13;;;;/h6H,4-5H2,1-3H3,(H,10,11)(H,12,13);;;;. The number of hydrogen-bond donors (Lipinski definition) is 2. The fourth-order valence-electron chi connectivity index (χ4n) is 1.48. The van der Waals surface area contributed by atoms with Crippen molar-refractivity contribution in [2.75, 3.05) is 0 Å². The summed E-state index contributed by atoms with van der Waals surface area (Å²) in [6.07, 6.45) is 0.728. The van der Waals surface area contributed by atoms with Crippen molar-refractivity contribution < 1.29 is 19.8 Å². The monoisotopic (exact) mass is 252 g/mol. The molecule has 0 radical (unpaired) electrons. The Kier molecular flexibility index (Phi) is 14.0. The fourth-order valence-corrected chi connectivity index (χ4v) is 1.48. The molecule has 0 heterocycles. The first-order valence-electron chi connectivity index (χ1n) is 4.36. The van der Waals surface area contributed by atoms with E-state index in [1.54, 1.807) is 20.8 Å². The quantitative estimate of drug-likeness (QED) is 0.545. The van der Waals surface area contributed by atoms with Crippen LogP contribution in [0.2, 0.25) is 0 Å². The molecule has 6 heteroatoms. The number of aliphatic carboxylic acids is 2. The van der Waals surface area contributed by atoms with Crippen molar-refractivity contribution in [1.29, 1.82) is 0 Å². The Labute approximate surface area is 155 Å². The van der Waals surface area contributed by atoms with Gasteiger partial charge in [-0.15, -0.1) is 0 Å². The van der Waals surface area contributed by atoms with Crippen molar-refractivity contribution in [2.45, 2.75) is 33.6 Å². The third kappa shape index (κ3) is 5.17. The average molecular weight is 252 g/mol. The molecule has 0 rings (SSSR count). The number of hydrogen-bond acceptors (Lipinski definition) is 2. The van der Waals surface area contributed by atoms with Crippen LogP contribution in [-0.4, -0.2) is 103 Å². The molecule has 0 aliphatic carbocycles. The van der Waals surface area contributed by atoms with Crippen LogP contribution >= 0.6 is 0 Å². The second kappa shape index (κ2) is 9.59. The van der Waals surface area contributed by atoms with Crippen LogP contribution in [0, 0.1) is 11.3 Å².